The first-order valence-electron chi connectivity index (χ1n) is 7.45. The van der Waals surface area contributed by atoms with E-state index in [9.17, 15) is 17.1 Å². The number of carbonyl (C=O) groups is 1. The zero-order chi connectivity index (χ0) is 15.7. The molecule has 0 aromatic heterocycles. The van der Waals surface area contributed by atoms with Crippen LogP contribution in [0.5, 0.6) is 0 Å². The molecular weight excluding hydrogens is 307 g/mol. The Labute approximate surface area is 129 Å². The molecule has 1 amide bonds. The Balaban J connectivity index is 1.56. The molecule has 22 heavy (non-hydrogen) atoms. The van der Waals surface area contributed by atoms with E-state index in [1.165, 1.54) is 11.3 Å². The predicted octanol–water partition coefficient (Wildman–Crippen LogP) is 1.20. The van der Waals surface area contributed by atoms with Gasteiger partial charge in [0.2, 0.25) is 5.91 Å². The first-order chi connectivity index (χ1) is 10.4. The third-order valence-corrected chi connectivity index (χ3v) is 5.22. The first-order valence-corrected chi connectivity index (χ1v) is 9.00. The highest BCUT2D eigenvalue weighted by atomic mass is 32.3. The minimum absolute atomic E-state index is 0.0823. The van der Waals surface area contributed by atoms with Crippen LogP contribution in [0.1, 0.15) is 12.0 Å². The fourth-order valence-electron chi connectivity index (χ4n) is 3.34. The van der Waals surface area contributed by atoms with E-state index in [1.54, 1.807) is 4.90 Å². The summed E-state index contributed by atoms with van der Waals surface area (Å²) in [6, 6.07) is 8.21. The van der Waals surface area contributed by atoms with E-state index in [1.807, 2.05) is 12.1 Å². The lowest BCUT2D eigenvalue weighted by Gasteiger charge is -2.23. The van der Waals surface area contributed by atoms with E-state index in [2.05, 4.69) is 17.0 Å². The number of para-hydroxylation sites is 1. The Morgan fingerprint density at radius 3 is 2.68 bits per heavy atom. The molecule has 1 aromatic carbocycles. The Bertz CT molecular complexity index is 677. The lowest BCUT2D eigenvalue weighted by atomic mass is 10.1. The molecule has 1 unspecified atom stereocenters. The molecule has 0 radical (unpaired) electrons. The maximum Gasteiger partial charge on any atom is 0.302 e. The molecule has 2 aliphatic heterocycles. The molecule has 3 rings (SSSR count). The second-order valence-corrected chi connectivity index (χ2v) is 7.39. The number of halogens is 1. The number of rotatable bonds is 5. The molecule has 120 valence electrons. The summed E-state index contributed by atoms with van der Waals surface area (Å²) in [7, 11) is -4.51. The molecule has 0 bridgehead atoms. The van der Waals surface area contributed by atoms with Crippen molar-refractivity contribution in [3.05, 3.63) is 29.8 Å². The van der Waals surface area contributed by atoms with Crippen molar-refractivity contribution < 1.29 is 17.1 Å². The smallest absolute Gasteiger partial charge is 0.302 e. The second kappa shape index (κ2) is 5.87. The van der Waals surface area contributed by atoms with E-state index in [0.29, 0.717) is 13.1 Å². The number of hydrogen-bond acceptors (Lipinski definition) is 4. The highest BCUT2D eigenvalue weighted by Crippen LogP contribution is 2.27. The van der Waals surface area contributed by atoms with Crippen LogP contribution >= 0.6 is 0 Å². The monoisotopic (exact) mass is 326 g/mol. The van der Waals surface area contributed by atoms with E-state index in [-0.39, 0.29) is 12.3 Å². The summed E-state index contributed by atoms with van der Waals surface area (Å²) >= 11 is 0. The van der Waals surface area contributed by atoms with Crippen LogP contribution < -0.4 is 4.90 Å². The first kappa shape index (κ1) is 15.3. The highest BCUT2D eigenvalue weighted by molar-refractivity contribution is 7.86. The van der Waals surface area contributed by atoms with Crippen molar-refractivity contribution in [2.75, 3.05) is 36.8 Å². The molecule has 1 aromatic rings. The molecular formula is C15H19FN2O3S. The minimum atomic E-state index is -4.51. The topological polar surface area (TPSA) is 57.7 Å². The van der Waals surface area contributed by atoms with Gasteiger partial charge in [-0.2, -0.15) is 8.42 Å². The van der Waals surface area contributed by atoms with Crippen molar-refractivity contribution in [1.82, 2.24) is 4.90 Å². The average molecular weight is 326 g/mol. The summed E-state index contributed by atoms with van der Waals surface area (Å²) in [5, 5.41) is 0. The van der Waals surface area contributed by atoms with Crippen LogP contribution in [0.3, 0.4) is 0 Å². The number of benzene rings is 1. The van der Waals surface area contributed by atoms with E-state index >= 15 is 0 Å². The van der Waals surface area contributed by atoms with Gasteiger partial charge in [0.25, 0.3) is 0 Å². The molecule has 0 spiro atoms. The molecule has 0 N–H and O–H groups in total. The third kappa shape index (κ3) is 3.40. The summed E-state index contributed by atoms with van der Waals surface area (Å²) < 4.78 is 34.1. The quantitative estimate of drug-likeness (QED) is 0.763. The van der Waals surface area contributed by atoms with E-state index < -0.39 is 21.9 Å². The van der Waals surface area contributed by atoms with Gasteiger partial charge in [-0.15, -0.1) is 3.89 Å². The van der Waals surface area contributed by atoms with Crippen molar-refractivity contribution in [1.29, 1.82) is 0 Å². The zero-order valence-electron chi connectivity index (χ0n) is 12.2. The zero-order valence-corrected chi connectivity index (χ0v) is 13.1. The SMILES string of the molecule is O=C1CC(CS(=O)(=O)F)CN1CCN1CCc2ccccc21. The molecule has 1 fully saturated rings. The number of nitrogens with zero attached hydrogens (tertiary/aromatic N) is 2. The van der Waals surface area contributed by atoms with Gasteiger partial charge in [-0.25, -0.2) is 0 Å². The summed E-state index contributed by atoms with van der Waals surface area (Å²) in [6.07, 6.45) is 1.13. The van der Waals surface area contributed by atoms with Crippen LogP contribution in [0.25, 0.3) is 0 Å². The van der Waals surface area contributed by atoms with Crippen LogP contribution in [0, 0.1) is 5.92 Å². The van der Waals surface area contributed by atoms with Gasteiger partial charge in [-0.1, -0.05) is 18.2 Å². The Hall–Kier alpha value is -1.63. The summed E-state index contributed by atoms with van der Waals surface area (Å²) in [5.74, 6) is -1.06. The molecule has 1 atom stereocenters. The van der Waals surface area contributed by atoms with Gasteiger partial charge in [0.1, 0.15) is 0 Å². The molecule has 0 saturated carbocycles. The molecule has 2 aliphatic rings. The fraction of sp³-hybridized carbons (Fsp3) is 0.533. The van der Waals surface area contributed by atoms with Crippen molar-refractivity contribution in [3.8, 4) is 0 Å². The lowest BCUT2D eigenvalue weighted by Crippen LogP contribution is -2.35. The lowest BCUT2D eigenvalue weighted by molar-refractivity contribution is -0.127. The van der Waals surface area contributed by atoms with Gasteiger partial charge in [-0.05, 0) is 18.1 Å². The summed E-state index contributed by atoms with van der Waals surface area (Å²) in [5.41, 5.74) is 2.52. The highest BCUT2D eigenvalue weighted by Gasteiger charge is 2.33. The average Bonchev–Trinajstić information content (AvgIpc) is 2.98. The maximum atomic E-state index is 12.7. The number of amides is 1. The number of hydrogen-bond donors (Lipinski definition) is 0. The van der Waals surface area contributed by atoms with Crippen molar-refractivity contribution in [2.24, 2.45) is 5.92 Å². The molecule has 0 aliphatic carbocycles. The van der Waals surface area contributed by atoms with E-state index in [0.717, 1.165) is 19.5 Å². The van der Waals surface area contributed by atoms with Crippen molar-refractivity contribution in [2.45, 2.75) is 12.8 Å². The van der Waals surface area contributed by atoms with Crippen LogP contribution in [0.15, 0.2) is 24.3 Å². The normalized spacial score (nSPS) is 21.5. The molecule has 2 heterocycles. The standard InChI is InChI=1S/C15H19FN2O3S/c16-22(20,21)11-12-9-15(19)18(10-12)8-7-17-6-5-13-3-1-2-4-14(13)17/h1-4,12H,5-11H2. The van der Waals surface area contributed by atoms with Crippen LogP contribution in [0.2, 0.25) is 0 Å². The van der Waals surface area contributed by atoms with Gasteiger partial charge < -0.3 is 9.80 Å². The Kier molecular flexibility index (Phi) is 4.08. The molecule has 5 nitrogen and oxygen atoms in total. The number of anilines is 1. The van der Waals surface area contributed by atoms with Crippen LogP contribution in [-0.2, 0) is 21.4 Å². The molecule has 7 heteroatoms. The number of carbonyl (C=O) groups excluding carboxylic acids is 1. The van der Waals surface area contributed by atoms with E-state index in [4.69, 9.17) is 0 Å². The van der Waals surface area contributed by atoms with Gasteiger partial charge in [0.05, 0.1) is 5.75 Å². The van der Waals surface area contributed by atoms with Gasteiger partial charge in [0, 0.05) is 44.2 Å². The summed E-state index contributed by atoms with van der Waals surface area (Å²) in [4.78, 5) is 15.8. The fourth-order valence-corrected chi connectivity index (χ4v) is 4.13. The molecule has 1 saturated heterocycles. The van der Waals surface area contributed by atoms with Crippen LogP contribution in [-0.4, -0.2) is 51.2 Å². The summed E-state index contributed by atoms with van der Waals surface area (Å²) in [6.45, 7) is 2.54. The number of fused-ring (bicyclic) bond motifs is 1. The third-order valence-electron chi connectivity index (χ3n) is 4.35. The Morgan fingerprint density at radius 2 is 1.91 bits per heavy atom. The van der Waals surface area contributed by atoms with Crippen LogP contribution in [0.4, 0.5) is 9.57 Å². The van der Waals surface area contributed by atoms with Gasteiger partial charge >= 0.3 is 10.2 Å². The number of likely N-dealkylation sites (tertiary alicyclic amines) is 1. The largest absolute Gasteiger partial charge is 0.369 e. The minimum Gasteiger partial charge on any atom is -0.369 e. The van der Waals surface area contributed by atoms with Crippen molar-refractivity contribution >= 4 is 21.8 Å². The van der Waals surface area contributed by atoms with Gasteiger partial charge in [-0.3, -0.25) is 4.79 Å². The maximum absolute atomic E-state index is 12.7. The van der Waals surface area contributed by atoms with Crippen molar-refractivity contribution in [3.63, 3.8) is 0 Å². The second-order valence-electron chi connectivity index (χ2n) is 5.98. The Morgan fingerprint density at radius 1 is 1.18 bits per heavy atom. The predicted molar refractivity (Wildman–Crippen MR) is 81.9 cm³/mol. The van der Waals surface area contributed by atoms with Gasteiger partial charge in [0.15, 0.2) is 0 Å².